The standard InChI is InChI=1S/C16H22BrNO2S/c1-12-10-13(6-7-15(12)17)20-11-16(19)18-8-9-21-14-4-2-3-5-14/h6-7,10,14H,2-5,8-9,11H2,1H3,(H,18,19). The maximum Gasteiger partial charge on any atom is 0.257 e. The van der Waals surface area contributed by atoms with Crippen molar-refractivity contribution in [1.29, 1.82) is 0 Å². The lowest BCUT2D eigenvalue weighted by atomic mass is 10.2. The summed E-state index contributed by atoms with van der Waals surface area (Å²) in [5, 5.41) is 3.72. The molecule has 0 heterocycles. The number of nitrogens with one attached hydrogen (secondary N) is 1. The molecule has 1 aliphatic carbocycles. The monoisotopic (exact) mass is 371 g/mol. The predicted octanol–water partition coefficient (Wildman–Crippen LogP) is 3.93. The van der Waals surface area contributed by atoms with Crippen LogP contribution in [-0.4, -0.2) is 30.1 Å². The molecule has 1 N–H and O–H groups in total. The Morgan fingerprint density at radius 2 is 2.19 bits per heavy atom. The fourth-order valence-electron chi connectivity index (χ4n) is 2.38. The number of benzene rings is 1. The molecule has 3 nitrogen and oxygen atoms in total. The van der Waals surface area contributed by atoms with E-state index in [0.29, 0.717) is 0 Å². The van der Waals surface area contributed by atoms with Gasteiger partial charge in [-0.3, -0.25) is 4.79 Å². The highest BCUT2D eigenvalue weighted by molar-refractivity contribution is 9.10. The van der Waals surface area contributed by atoms with Gasteiger partial charge >= 0.3 is 0 Å². The third kappa shape index (κ3) is 5.91. The van der Waals surface area contributed by atoms with Crippen LogP contribution in [0.2, 0.25) is 0 Å². The van der Waals surface area contributed by atoms with Gasteiger partial charge in [-0.15, -0.1) is 0 Å². The van der Waals surface area contributed by atoms with Crippen molar-refractivity contribution in [2.75, 3.05) is 18.9 Å². The fraction of sp³-hybridized carbons (Fsp3) is 0.562. The van der Waals surface area contributed by atoms with E-state index in [4.69, 9.17) is 4.74 Å². The van der Waals surface area contributed by atoms with Crippen LogP contribution in [0.1, 0.15) is 31.2 Å². The lowest BCUT2D eigenvalue weighted by Crippen LogP contribution is -2.30. The Kier molecular flexibility index (Phi) is 6.90. The summed E-state index contributed by atoms with van der Waals surface area (Å²) in [6, 6.07) is 5.72. The van der Waals surface area contributed by atoms with Crippen molar-refractivity contribution in [3.8, 4) is 5.75 Å². The van der Waals surface area contributed by atoms with E-state index in [1.54, 1.807) is 0 Å². The van der Waals surface area contributed by atoms with Gasteiger partial charge in [0.1, 0.15) is 5.75 Å². The summed E-state index contributed by atoms with van der Waals surface area (Å²) in [4.78, 5) is 11.7. The summed E-state index contributed by atoms with van der Waals surface area (Å²) in [5.74, 6) is 1.67. The van der Waals surface area contributed by atoms with E-state index in [2.05, 4.69) is 21.2 Å². The van der Waals surface area contributed by atoms with E-state index in [1.807, 2.05) is 36.9 Å². The molecule has 0 aliphatic heterocycles. The number of carbonyl (C=O) groups is 1. The Balaban J connectivity index is 1.59. The van der Waals surface area contributed by atoms with Crippen LogP contribution in [0.25, 0.3) is 0 Å². The number of amides is 1. The summed E-state index contributed by atoms with van der Waals surface area (Å²) in [5.41, 5.74) is 1.10. The van der Waals surface area contributed by atoms with Gasteiger partial charge in [0.25, 0.3) is 5.91 Å². The van der Waals surface area contributed by atoms with Crippen molar-refractivity contribution in [1.82, 2.24) is 5.32 Å². The smallest absolute Gasteiger partial charge is 0.257 e. The first-order valence-corrected chi connectivity index (χ1v) is 9.26. The molecule has 0 spiro atoms. The molecule has 0 unspecified atom stereocenters. The maximum atomic E-state index is 11.7. The molecular weight excluding hydrogens is 350 g/mol. The average molecular weight is 372 g/mol. The normalized spacial score (nSPS) is 15.1. The Morgan fingerprint density at radius 1 is 1.43 bits per heavy atom. The number of rotatable bonds is 7. The van der Waals surface area contributed by atoms with Gasteiger partial charge in [-0.1, -0.05) is 28.8 Å². The zero-order chi connectivity index (χ0) is 15.1. The molecule has 5 heteroatoms. The molecule has 1 aromatic carbocycles. The molecule has 1 amide bonds. The molecule has 1 aromatic rings. The lowest BCUT2D eigenvalue weighted by molar-refractivity contribution is -0.122. The minimum absolute atomic E-state index is 0.0532. The van der Waals surface area contributed by atoms with Gasteiger partial charge < -0.3 is 10.1 Å². The second-order valence-corrected chi connectivity index (χ2v) is 7.59. The number of halogens is 1. The molecular formula is C16H22BrNO2S. The van der Waals surface area contributed by atoms with Crippen molar-refractivity contribution >= 4 is 33.6 Å². The number of ether oxygens (including phenoxy) is 1. The first kappa shape index (κ1) is 16.7. The molecule has 0 saturated heterocycles. The summed E-state index contributed by atoms with van der Waals surface area (Å²) in [6.45, 7) is 2.80. The van der Waals surface area contributed by atoms with Crippen LogP contribution in [0, 0.1) is 6.92 Å². The van der Waals surface area contributed by atoms with Crippen molar-refractivity contribution in [3.63, 3.8) is 0 Å². The van der Waals surface area contributed by atoms with Crippen LogP contribution in [-0.2, 0) is 4.79 Å². The summed E-state index contributed by atoms with van der Waals surface area (Å²) < 4.78 is 6.54. The van der Waals surface area contributed by atoms with Crippen molar-refractivity contribution in [2.24, 2.45) is 0 Å². The van der Waals surface area contributed by atoms with Crippen LogP contribution in [0.5, 0.6) is 5.75 Å². The topological polar surface area (TPSA) is 38.3 Å². The highest BCUT2D eigenvalue weighted by Gasteiger charge is 2.14. The van der Waals surface area contributed by atoms with Crippen LogP contribution in [0.15, 0.2) is 22.7 Å². The van der Waals surface area contributed by atoms with Gasteiger partial charge in [0.05, 0.1) is 0 Å². The van der Waals surface area contributed by atoms with Crippen LogP contribution < -0.4 is 10.1 Å². The summed E-state index contributed by atoms with van der Waals surface area (Å²) >= 11 is 5.43. The SMILES string of the molecule is Cc1cc(OCC(=O)NCCSC2CCCC2)ccc1Br. The molecule has 2 rings (SSSR count). The first-order chi connectivity index (χ1) is 10.1. The fourth-order valence-corrected chi connectivity index (χ4v) is 3.84. The molecule has 0 aromatic heterocycles. The molecule has 0 atom stereocenters. The van der Waals surface area contributed by atoms with Crippen LogP contribution >= 0.6 is 27.7 Å². The Hall–Kier alpha value is -0.680. The van der Waals surface area contributed by atoms with Crippen molar-refractivity contribution < 1.29 is 9.53 Å². The van der Waals surface area contributed by atoms with Gasteiger partial charge in [-0.25, -0.2) is 0 Å². The Morgan fingerprint density at radius 3 is 2.90 bits per heavy atom. The Bertz CT molecular complexity index is 475. The molecule has 0 radical (unpaired) electrons. The minimum Gasteiger partial charge on any atom is -0.484 e. The maximum absolute atomic E-state index is 11.7. The number of carbonyl (C=O) groups excluding carboxylic acids is 1. The quantitative estimate of drug-likeness (QED) is 0.737. The van der Waals surface area contributed by atoms with Gasteiger partial charge in [0, 0.05) is 22.0 Å². The van der Waals surface area contributed by atoms with Gasteiger partial charge in [-0.2, -0.15) is 11.8 Å². The van der Waals surface area contributed by atoms with Gasteiger partial charge in [-0.05, 0) is 43.5 Å². The third-order valence-electron chi connectivity index (χ3n) is 3.58. The van der Waals surface area contributed by atoms with Crippen LogP contribution in [0.3, 0.4) is 0 Å². The molecule has 0 bridgehead atoms. The first-order valence-electron chi connectivity index (χ1n) is 7.42. The van der Waals surface area contributed by atoms with E-state index in [0.717, 1.165) is 33.3 Å². The highest BCUT2D eigenvalue weighted by Crippen LogP contribution is 2.28. The van der Waals surface area contributed by atoms with Crippen molar-refractivity contribution in [2.45, 2.75) is 37.9 Å². The summed E-state index contributed by atoms with van der Waals surface area (Å²) in [6.07, 6.45) is 5.41. The van der Waals surface area contributed by atoms with Gasteiger partial charge in [0.15, 0.2) is 6.61 Å². The second kappa shape index (κ2) is 8.69. The predicted molar refractivity (Wildman–Crippen MR) is 92.1 cm³/mol. The summed E-state index contributed by atoms with van der Waals surface area (Å²) in [7, 11) is 0. The minimum atomic E-state index is -0.0532. The molecule has 116 valence electrons. The number of hydrogen-bond donors (Lipinski definition) is 1. The largest absolute Gasteiger partial charge is 0.484 e. The van der Waals surface area contributed by atoms with E-state index < -0.39 is 0 Å². The lowest BCUT2D eigenvalue weighted by Gasteiger charge is -2.10. The van der Waals surface area contributed by atoms with Crippen molar-refractivity contribution in [3.05, 3.63) is 28.2 Å². The second-order valence-electron chi connectivity index (χ2n) is 5.33. The number of hydrogen-bond acceptors (Lipinski definition) is 3. The van der Waals surface area contributed by atoms with Gasteiger partial charge in [0.2, 0.25) is 0 Å². The molecule has 1 saturated carbocycles. The Labute approximate surface area is 139 Å². The molecule has 1 fully saturated rings. The zero-order valence-electron chi connectivity index (χ0n) is 12.4. The average Bonchev–Trinajstić information content (AvgIpc) is 2.98. The van der Waals surface area contributed by atoms with E-state index >= 15 is 0 Å². The highest BCUT2D eigenvalue weighted by atomic mass is 79.9. The van der Waals surface area contributed by atoms with Crippen LogP contribution in [0.4, 0.5) is 0 Å². The van der Waals surface area contributed by atoms with E-state index in [-0.39, 0.29) is 12.5 Å². The van der Waals surface area contributed by atoms with E-state index in [9.17, 15) is 4.79 Å². The third-order valence-corrected chi connectivity index (χ3v) is 5.85. The zero-order valence-corrected chi connectivity index (χ0v) is 14.8. The number of aryl methyl sites for hydroxylation is 1. The molecule has 1 aliphatic rings. The van der Waals surface area contributed by atoms with E-state index in [1.165, 1.54) is 25.7 Å². The molecule has 21 heavy (non-hydrogen) atoms. The number of thioether (sulfide) groups is 1.